The summed E-state index contributed by atoms with van der Waals surface area (Å²) in [6.07, 6.45) is 2.09. The minimum absolute atomic E-state index is 0.0604. The van der Waals surface area contributed by atoms with Crippen molar-refractivity contribution in [1.82, 2.24) is 34.1 Å². The lowest BCUT2D eigenvalue weighted by Gasteiger charge is -2.38. The maximum atomic E-state index is 14.1. The van der Waals surface area contributed by atoms with Crippen LogP contribution in [0.1, 0.15) is 116 Å². The van der Waals surface area contributed by atoms with Gasteiger partial charge in [-0.3, -0.25) is 33.5 Å². The summed E-state index contributed by atoms with van der Waals surface area (Å²) >= 11 is 0. The molecule has 3 aromatic heterocycles. The molecule has 3 aliphatic rings. The first-order chi connectivity index (χ1) is 28.2. The number of aryl methyl sites for hydroxylation is 1. The van der Waals surface area contributed by atoms with Gasteiger partial charge in [0.25, 0.3) is 12.3 Å². The highest BCUT2D eigenvalue weighted by Crippen LogP contribution is 2.40. The van der Waals surface area contributed by atoms with E-state index in [9.17, 15) is 41.1 Å². The molecule has 1 atom stereocenters. The highest BCUT2D eigenvalue weighted by molar-refractivity contribution is 6.04. The molecule has 5 aromatic rings. The maximum Gasteiger partial charge on any atom is 0.433 e. The molecular weight excluding hydrogens is 776 g/mol. The first-order valence-corrected chi connectivity index (χ1v) is 20.1. The number of alkyl halides is 5. The van der Waals surface area contributed by atoms with Crippen LogP contribution in [-0.4, -0.2) is 66.2 Å². The second-order valence-corrected chi connectivity index (χ2v) is 16.3. The number of nitrogens with one attached hydrogen (secondary N) is 2. The second kappa shape index (κ2) is 16.0. The number of aromatic nitrogens is 5. The van der Waals surface area contributed by atoms with Gasteiger partial charge in [-0.15, -0.1) is 0 Å². The molecule has 0 spiro atoms. The molecule has 59 heavy (non-hydrogen) atoms. The zero-order valence-electron chi connectivity index (χ0n) is 32.6. The predicted molar refractivity (Wildman–Crippen MR) is 209 cm³/mol. The number of rotatable bonds is 9. The van der Waals surface area contributed by atoms with Crippen LogP contribution in [0.15, 0.2) is 59.5 Å². The van der Waals surface area contributed by atoms with E-state index in [1.54, 1.807) is 27.1 Å². The number of carbonyl (C=O) groups excluding carboxylic acids is 3. The Morgan fingerprint density at radius 2 is 1.69 bits per heavy atom. The lowest BCUT2D eigenvalue weighted by Crippen LogP contribution is -2.44. The molecule has 0 bridgehead atoms. The standard InChI is InChI=1S/C42H45F5N8O4/c1-52(26-15-11-24(12-16-26)28-5-3-7-33-37(28)53(2)41(59)55(33)34-17-18-36(56)50-40(34)58)21-23-9-13-27(14-10-23)54-22-25-19-32(29(38(43)44)20-31(25)51-54)49-39(57)30-6-4-8-35(48-30)42(45,46)47/h3-8,19-20,22-24,26-27,34,38H,9-18,21H2,1-2H3,(H,49,57)(H,50,56,58)/t23-,24-,26-,27-,34?. The highest BCUT2D eigenvalue weighted by Gasteiger charge is 2.35. The van der Waals surface area contributed by atoms with Crippen molar-refractivity contribution in [3.8, 4) is 0 Å². The third-order valence-corrected chi connectivity index (χ3v) is 12.6. The number of amides is 3. The summed E-state index contributed by atoms with van der Waals surface area (Å²) in [6.45, 7) is 0.948. The Morgan fingerprint density at radius 3 is 2.39 bits per heavy atom. The van der Waals surface area contributed by atoms with Gasteiger partial charge in [0.2, 0.25) is 11.8 Å². The number of halogens is 5. The monoisotopic (exact) mass is 820 g/mol. The van der Waals surface area contributed by atoms with Crippen LogP contribution in [0, 0.1) is 5.92 Å². The van der Waals surface area contributed by atoms with Gasteiger partial charge in [-0.1, -0.05) is 18.2 Å². The molecule has 0 radical (unpaired) electrons. The van der Waals surface area contributed by atoms with Crippen molar-refractivity contribution >= 4 is 45.3 Å². The van der Waals surface area contributed by atoms with Crippen molar-refractivity contribution in [3.05, 3.63) is 87.7 Å². The van der Waals surface area contributed by atoms with Gasteiger partial charge < -0.3 is 10.2 Å². The van der Waals surface area contributed by atoms with Crippen LogP contribution in [0.4, 0.5) is 27.6 Å². The van der Waals surface area contributed by atoms with Crippen LogP contribution in [0.3, 0.4) is 0 Å². The average molecular weight is 821 g/mol. The minimum atomic E-state index is -4.77. The molecule has 2 aromatic carbocycles. The van der Waals surface area contributed by atoms with Gasteiger partial charge in [-0.05, 0) is 113 Å². The van der Waals surface area contributed by atoms with Gasteiger partial charge in [0.15, 0.2) is 0 Å². The second-order valence-electron chi connectivity index (χ2n) is 16.3. The Balaban J connectivity index is 0.875. The number of benzene rings is 2. The summed E-state index contributed by atoms with van der Waals surface area (Å²) in [6, 6.07) is 11.1. The van der Waals surface area contributed by atoms with E-state index in [4.69, 9.17) is 0 Å². The molecular formula is C42H45F5N8O4. The summed E-state index contributed by atoms with van der Waals surface area (Å²) in [5.41, 5.74) is 0.213. The fraction of sp³-hybridized carbons (Fsp3) is 0.476. The molecule has 3 fully saturated rings. The van der Waals surface area contributed by atoms with E-state index >= 15 is 0 Å². The van der Waals surface area contributed by atoms with E-state index in [1.807, 2.05) is 12.1 Å². The summed E-state index contributed by atoms with van der Waals surface area (Å²) < 4.78 is 72.7. The molecule has 2 N–H and O–H groups in total. The molecule has 2 aliphatic carbocycles. The van der Waals surface area contributed by atoms with Crippen LogP contribution >= 0.6 is 0 Å². The zero-order valence-corrected chi connectivity index (χ0v) is 32.6. The largest absolute Gasteiger partial charge is 0.433 e. The summed E-state index contributed by atoms with van der Waals surface area (Å²) in [5, 5.41) is 9.84. The number of piperidine rings is 1. The number of hydrogen-bond acceptors (Lipinski definition) is 7. The minimum Gasteiger partial charge on any atom is -0.320 e. The molecule has 1 saturated heterocycles. The number of anilines is 1. The first kappa shape index (κ1) is 40.3. The molecule has 312 valence electrons. The fourth-order valence-corrected chi connectivity index (χ4v) is 9.49. The zero-order chi connectivity index (χ0) is 41.7. The number of fused-ring (bicyclic) bond motifs is 2. The molecule has 3 amide bonds. The number of nitrogens with zero attached hydrogens (tertiary/aromatic N) is 6. The van der Waals surface area contributed by atoms with E-state index < -0.39 is 47.4 Å². The molecule has 1 aliphatic heterocycles. The van der Waals surface area contributed by atoms with Crippen molar-refractivity contribution in [1.29, 1.82) is 0 Å². The van der Waals surface area contributed by atoms with Gasteiger partial charge in [-0.2, -0.15) is 18.3 Å². The number of pyridine rings is 1. The summed E-state index contributed by atoms with van der Waals surface area (Å²) in [4.78, 5) is 56.6. The van der Waals surface area contributed by atoms with Crippen LogP contribution in [0.2, 0.25) is 0 Å². The summed E-state index contributed by atoms with van der Waals surface area (Å²) in [7, 11) is 3.93. The van der Waals surface area contributed by atoms with Gasteiger partial charge in [0.05, 0.1) is 28.3 Å². The van der Waals surface area contributed by atoms with Crippen LogP contribution in [0.5, 0.6) is 0 Å². The Hall–Kier alpha value is -5.45. The Bertz CT molecular complexity index is 2480. The number of imide groups is 1. The Kier molecular flexibility index (Phi) is 10.9. The van der Waals surface area contributed by atoms with Crippen molar-refractivity contribution in [2.45, 2.75) is 101 Å². The number of carbonyl (C=O) groups is 3. The van der Waals surface area contributed by atoms with Crippen molar-refractivity contribution in [3.63, 3.8) is 0 Å². The Morgan fingerprint density at radius 1 is 0.966 bits per heavy atom. The van der Waals surface area contributed by atoms with Gasteiger partial charge in [0.1, 0.15) is 17.4 Å². The normalized spacial score (nSPS) is 23.0. The maximum absolute atomic E-state index is 14.1. The smallest absolute Gasteiger partial charge is 0.320 e. The number of para-hydroxylation sites is 1. The summed E-state index contributed by atoms with van der Waals surface area (Å²) in [5.74, 6) is -1.06. The number of hydrogen-bond donors (Lipinski definition) is 2. The highest BCUT2D eigenvalue weighted by atomic mass is 19.4. The SMILES string of the molecule is Cn1c(=O)n(C2CCC(=O)NC2=O)c2cccc([C@H]3CC[C@H](N(C)C[C@H]4CC[C@H](n5cc6cc(NC(=O)c7cccc(C(F)(F)F)n7)c(C(F)F)cc6n5)CC4)CC3)c21. The molecule has 12 nitrogen and oxygen atoms in total. The lowest BCUT2D eigenvalue weighted by atomic mass is 9.80. The van der Waals surface area contributed by atoms with Gasteiger partial charge >= 0.3 is 11.9 Å². The quantitative estimate of drug-likeness (QED) is 0.115. The average Bonchev–Trinajstić information content (AvgIpc) is 3.74. The van der Waals surface area contributed by atoms with E-state index in [2.05, 4.69) is 38.7 Å². The predicted octanol–water partition coefficient (Wildman–Crippen LogP) is 7.66. The van der Waals surface area contributed by atoms with E-state index in [0.29, 0.717) is 34.8 Å². The molecule has 8 rings (SSSR count). The molecule has 17 heteroatoms. The topological polar surface area (TPSA) is 136 Å². The third-order valence-electron chi connectivity index (χ3n) is 12.6. The van der Waals surface area contributed by atoms with Crippen molar-refractivity contribution in [2.75, 3.05) is 18.9 Å². The number of imidazole rings is 1. The first-order valence-electron chi connectivity index (χ1n) is 20.1. The van der Waals surface area contributed by atoms with E-state index in [-0.39, 0.29) is 35.7 Å². The van der Waals surface area contributed by atoms with Crippen molar-refractivity contribution < 1.29 is 36.3 Å². The van der Waals surface area contributed by atoms with Gasteiger partial charge in [0, 0.05) is 43.2 Å². The Labute approximate surface area is 335 Å². The lowest BCUT2D eigenvalue weighted by molar-refractivity contribution is -0.141. The van der Waals surface area contributed by atoms with E-state index in [1.165, 1.54) is 12.1 Å². The van der Waals surface area contributed by atoms with Crippen LogP contribution in [0.25, 0.3) is 21.9 Å². The van der Waals surface area contributed by atoms with Crippen LogP contribution < -0.4 is 16.3 Å². The van der Waals surface area contributed by atoms with E-state index in [0.717, 1.165) is 87.2 Å². The molecule has 2 saturated carbocycles. The van der Waals surface area contributed by atoms with Gasteiger partial charge in [-0.25, -0.2) is 18.6 Å². The molecule has 4 heterocycles. The fourth-order valence-electron chi connectivity index (χ4n) is 9.49. The van der Waals surface area contributed by atoms with Crippen molar-refractivity contribution in [2.24, 2.45) is 13.0 Å². The molecule has 1 unspecified atom stereocenters. The third kappa shape index (κ3) is 8.00. The van der Waals surface area contributed by atoms with Crippen LogP contribution in [-0.2, 0) is 22.8 Å².